The van der Waals surface area contributed by atoms with Gasteiger partial charge in [0.1, 0.15) is 5.54 Å². The molecule has 0 unspecified atom stereocenters. The van der Waals surface area contributed by atoms with Crippen molar-refractivity contribution in [1.29, 1.82) is 0 Å². The summed E-state index contributed by atoms with van der Waals surface area (Å²) in [5.74, 6) is -2.15. The van der Waals surface area contributed by atoms with E-state index in [1.165, 1.54) is 0 Å². The number of nitrogens with two attached hydrogens (primary N) is 1. The lowest BCUT2D eigenvalue weighted by atomic mass is 9.78. The number of benzene rings is 2. The molecule has 2 atom stereocenters. The Hall–Kier alpha value is -2.97. The molecular weight excluding hydrogens is 475 g/mol. The molecule has 0 spiro atoms. The van der Waals surface area contributed by atoms with Crippen LogP contribution < -0.4 is 15.8 Å². The van der Waals surface area contributed by atoms with Crippen molar-refractivity contribution in [2.24, 2.45) is 11.7 Å². The van der Waals surface area contributed by atoms with E-state index < -0.39 is 53.4 Å². The van der Waals surface area contributed by atoms with Gasteiger partial charge >= 0.3 is 29.3 Å². The van der Waals surface area contributed by atoms with Crippen LogP contribution in [0.3, 0.4) is 0 Å². The average Bonchev–Trinajstić information content (AvgIpc) is 3.17. The van der Waals surface area contributed by atoms with Gasteiger partial charge in [0.15, 0.2) is 0 Å². The maximum absolute atomic E-state index is 13.0. The summed E-state index contributed by atoms with van der Waals surface area (Å²) in [6, 6.07) is 16.4. The minimum atomic E-state index is -4.42. The van der Waals surface area contributed by atoms with E-state index in [1.807, 2.05) is 16.9 Å². The predicted octanol–water partition coefficient (Wildman–Crippen LogP) is 0.287. The van der Waals surface area contributed by atoms with Gasteiger partial charge in [0.25, 0.3) is 0 Å². The van der Waals surface area contributed by atoms with Gasteiger partial charge in [0, 0.05) is 19.0 Å². The van der Waals surface area contributed by atoms with E-state index in [0.29, 0.717) is 0 Å². The van der Waals surface area contributed by atoms with Gasteiger partial charge in [-0.1, -0.05) is 67.1 Å². The highest BCUT2D eigenvalue weighted by molar-refractivity contribution is 7.87. The molecular formula is C22H29BN4O7S. The summed E-state index contributed by atoms with van der Waals surface area (Å²) in [7, 11) is -5.97. The molecule has 13 heteroatoms. The molecule has 1 saturated heterocycles. The highest BCUT2D eigenvalue weighted by atomic mass is 32.2. The van der Waals surface area contributed by atoms with Crippen LogP contribution in [0.4, 0.5) is 4.79 Å². The first-order valence-electron chi connectivity index (χ1n) is 11.1. The molecule has 1 aliphatic rings. The number of aliphatic carboxylic acids is 1. The van der Waals surface area contributed by atoms with Crippen molar-refractivity contribution >= 4 is 29.3 Å². The van der Waals surface area contributed by atoms with Crippen molar-refractivity contribution in [1.82, 2.24) is 14.3 Å². The number of rotatable bonds is 10. The van der Waals surface area contributed by atoms with Crippen LogP contribution >= 0.6 is 0 Å². The van der Waals surface area contributed by atoms with Crippen LogP contribution in [0.5, 0.6) is 0 Å². The summed E-state index contributed by atoms with van der Waals surface area (Å²) in [5, 5.41) is 30.4. The summed E-state index contributed by atoms with van der Waals surface area (Å²) >= 11 is 0. The van der Waals surface area contributed by atoms with Gasteiger partial charge in [-0.05, 0) is 23.9 Å². The Morgan fingerprint density at radius 2 is 1.63 bits per heavy atom. The van der Waals surface area contributed by atoms with Gasteiger partial charge in [-0.3, -0.25) is 4.79 Å². The van der Waals surface area contributed by atoms with Crippen molar-refractivity contribution in [3.63, 3.8) is 0 Å². The molecule has 188 valence electrons. The molecule has 0 aliphatic carbocycles. The van der Waals surface area contributed by atoms with Crippen LogP contribution in [0.2, 0.25) is 6.32 Å². The van der Waals surface area contributed by atoms with Gasteiger partial charge in [-0.25, -0.2) is 9.52 Å². The first-order valence-corrected chi connectivity index (χ1v) is 12.5. The highest BCUT2D eigenvalue weighted by Crippen LogP contribution is 2.32. The van der Waals surface area contributed by atoms with E-state index >= 15 is 0 Å². The molecule has 2 aromatic rings. The Morgan fingerprint density at radius 3 is 2.11 bits per heavy atom. The van der Waals surface area contributed by atoms with E-state index in [-0.39, 0.29) is 25.7 Å². The second-order valence-electron chi connectivity index (χ2n) is 8.58. The Morgan fingerprint density at radius 1 is 1.09 bits per heavy atom. The number of carboxylic acids is 1. The van der Waals surface area contributed by atoms with Crippen molar-refractivity contribution in [3.05, 3.63) is 71.8 Å². The summed E-state index contributed by atoms with van der Waals surface area (Å²) < 4.78 is 28.7. The molecule has 3 rings (SSSR count). The number of carbonyl (C=O) groups is 2. The van der Waals surface area contributed by atoms with Gasteiger partial charge in [0.05, 0.1) is 6.04 Å². The topological polar surface area (TPSA) is 182 Å². The number of carboxylic acid groups (broad SMARTS) is 1. The number of carbonyl (C=O) groups excluding carboxylic acids is 1. The maximum Gasteiger partial charge on any atom is 0.451 e. The highest BCUT2D eigenvalue weighted by Gasteiger charge is 2.52. The zero-order valence-corrected chi connectivity index (χ0v) is 19.8. The molecule has 1 heterocycles. The number of nitrogens with one attached hydrogen (secondary N) is 2. The molecule has 2 amide bonds. The Bertz CT molecular complexity index is 1080. The minimum Gasteiger partial charge on any atom is -0.480 e. The van der Waals surface area contributed by atoms with E-state index in [4.69, 9.17) is 15.8 Å². The van der Waals surface area contributed by atoms with Crippen LogP contribution in [0.1, 0.15) is 30.0 Å². The fourth-order valence-corrected chi connectivity index (χ4v) is 5.39. The van der Waals surface area contributed by atoms with E-state index in [9.17, 15) is 23.1 Å². The lowest BCUT2D eigenvalue weighted by Gasteiger charge is -2.25. The lowest BCUT2D eigenvalue weighted by molar-refractivity contribution is -0.144. The maximum atomic E-state index is 13.0. The summed E-state index contributed by atoms with van der Waals surface area (Å²) in [6.45, 7) is -0.758. The first kappa shape index (κ1) is 26.6. The molecule has 0 aromatic heterocycles. The summed E-state index contributed by atoms with van der Waals surface area (Å²) in [4.78, 5) is 24.6. The molecule has 0 saturated carbocycles. The summed E-state index contributed by atoms with van der Waals surface area (Å²) in [5.41, 5.74) is 5.66. The lowest BCUT2D eigenvalue weighted by Crippen LogP contribution is -2.55. The normalized spacial score (nSPS) is 20.5. The van der Waals surface area contributed by atoms with E-state index in [0.717, 1.165) is 15.4 Å². The fraction of sp³-hybridized carbons (Fsp3) is 0.364. The number of nitrogens with zero attached hydrogens (tertiary/aromatic N) is 1. The van der Waals surface area contributed by atoms with Crippen molar-refractivity contribution in [3.8, 4) is 0 Å². The van der Waals surface area contributed by atoms with Crippen molar-refractivity contribution in [2.75, 3.05) is 13.1 Å². The van der Waals surface area contributed by atoms with Crippen molar-refractivity contribution in [2.45, 2.75) is 30.7 Å². The quantitative estimate of drug-likeness (QED) is 0.250. The predicted molar refractivity (Wildman–Crippen MR) is 129 cm³/mol. The van der Waals surface area contributed by atoms with Crippen LogP contribution in [0, 0.1) is 5.92 Å². The van der Waals surface area contributed by atoms with E-state index in [1.54, 1.807) is 48.5 Å². The molecule has 2 aromatic carbocycles. The van der Waals surface area contributed by atoms with Gasteiger partial charge < -0.3 is 26.2 Å². The largest absolute Gasteiger partial charge is 0.480 e. The third-order valence-electron chi connectivity index (χ3n) is 6.11. The van der Waals surface area contributed by atoms with Gasteiger partial charge in [0.2, 0.25) is 0 Å². The second-order valence-corrected chi connectivity index (χ2v) is 10.3. The second kappa shape index (κ2) is 11.2. The fourth-order valence-electron chi connectivity index (χ4n) is 4.21. The molecule has 1 aliphatic heterocycles. The van der Waals surface area contributed by atoms with Crippen LogP contribution in [-0.2, 0) is 15.0 Å². The van der Waals surface area contributed by atoms with Crippen LogP contribution in [0.25, 0.3) is 0 Å². The third-order valence-corrected chi connectivity index (χ3v) is 7.51. The Labute approximate surface area is 204 Å². The minimum absolute atomic E-state index is 0.0000344. The third kappa shape index (κ3) is 6.58. The number of amides is 2. The van der Waals surface area contributed by atoms with Crippen LogP contribution in [-0.4, -0.2) is 65.6 Å². The molecule has 35 heavy (non-hydrogen) atoms. The standard InChI is InChI=1S/C22H29BN4O7S/c24-22(20(28)29)15-27(14-18(22)12-7-13-23(31)32)35(33,34)26-21(30)25-19(16-8-3-1-4-9-16)17-10-5-2-6-11-17/h1-6,8-11,18-19,31-32H,7,12-15,24H2,(H,28,29)(H2,25,26,30)/t18-,22-/m0/s1. The molecule has 7 N–H and O–H groups in total. The number of hydrogen-bond donors (Lipinski definition) is 6. The SMILES string of the molecule is N[C@@]1(C(=O)O)CN(S(=O)(=O)NC(=O)NC(c2ccccc2)c2ccccc2)C[C@@H]1CCCB(O)O. The van der Waals surface area contributed by atoms with E-state index in [2.05, 4.69) is 5.32 Å². The first-order chi connectivity index (χ1) is 16.5. The van der Waals surface area contributed by atoms with Gasteiger partial charge in [-0.2, -0.15) is 12.7 Å². The smallest absolute Gasteiger partial charge is 0.451 e. The van der Waals surface area contributed by atoms with Crippen LogP contribution in [0.15, 0.2) is 60.7 Å². The zero-order chi connectivity index (χ0) is 25.6. The average molecular weight is 504 g/mol. The van der Waals surface area contributed by atoms with Gasteiger partial charge in [-0.15, -0.1) is 0 Å². The Balaban J connectivity index is 1.73. The molecule has 1 fully saturated rings. The van der Waals surface area contributed by atoms with Crippen molar-refractivity contribution < 1.29 is 33.2 Å². The molecule has 11 nitrogen and oxygen atoms in total. The summed E-state index contributed by atoms with van der Waals surface area (Å²) in [6.07, 6.45) is 0.412. The number of urea groups is 1. The molecule has 0 bridgehead atoms. The zero-order valence-electron chi connectivity index (χ0n) is 18.9. The monoisotopic (exact) mass is 504 g/mol. The molecule has 0 radical (unpaired) electrons. The Kier molecular flexibility index (Phi) is 8.51. The number of hydrogen-bond acceptors (Lipinski definition) is 7.